The molecule has 8 nitrogen and oxygen atoms in total. The highest BCUT2D eigenvalue weighted by molar-refractivity contribution is 6.05. The fourth-order valence-corrected chi connectivity index (χ4v) is 2.34. The maximum Gasteiger partial charge on any atom is 0.262 e. The second-order valence-corrected chi connectivity index (χ2v) is 5.58. The molecule has 3 rings (SSSR count). The minimum Gasteiger partial charge on any atom is -0.480 e. The first-order valence-electron chi connectivity index (χ1n) is 7.77. The van der Waals surface area contributed by atoms with E-state index >= 15 is 0 Å². The second kappa shape index (κ2) is 7.08. The Morgan fingerprint density at radius 2 is 2.08 bits per heavy atom. The van der Waals surface area contributed by atoms with Gasteiger partial charge in [0, 0.05) is 12.2 Å². The molecule has 0 aliphatic rings. The lowest BCUT2D eigenvalue weighted by Gasteiger charge is -2.11. The zero-order chi connectivity index (χ0) is 17.8. The molecule has 0 saturated heterocycles. The summed E-state index contributed by atoms with van der Waals surface area (Å²) in [6, 6.07) is 8.85. The fourth-order valence-electron chi connectivity index (χ4n) is 2.34. The second-order valence-electron chi connectivity index (χ2n) is 5.58. The first kappa shape index (κ1) is 16.6. The third-order valence-corrected chi connectivity index (χ3v) is 3.56. The van der Waals surface area contributed by atoms with Crippen molar-refractivity contribution in [2.75, 3.05) is 12.4 Å². The molecule has 0 aliphatic carbocycles. The first-order chi connectivity index (χ1) is 12.1. The lowest BCUT2D eigenvalue weighted by Crippen LogP contribution is -2.15. The number of ether oxygens (including phenoxy) is 1. The van der Waals surface area contributed by atoms with Gasteiger partial charge >= 0.3 is 0 Å². The van der Waals surface area contributed by atoms with Gasteiger partial charge in [-0.1, -0.05) is 6.07 Å². The fraction of sp³-hybridized carbons (Fsp3) is 0.235. The van der Waals surface area contributed by atoms with Gasteiger partial charge in [0.1, 0.15) is 23.4 Å². The molecule has 3 heterocycles. The van der Waals surface area contributed by atoms with Crippen molar-refractivity contribution in [1.29, 1.82) is 0 Å². The van der Waals surface area contributed by atoms with Crippen molar-refractivity contribution in [3.63, 3.8) is 0 Å². The van der Waals surface area contributed by atoms with Crippen molar-refractivity contribution < 1.29 is 9.53 Å². The van der Waals surface area contributed by atoms with Crippen LogP contribution in [0.15, 0.2) is 42.9 Å². The summed E-state index contributed by atoms with van der Waals surface area (Å²) >= 11 is 0. The molecule has 25 heavy (non-hydrogen) atoms. The molecule has 0 saturated carbocycles. The SMILES string of the molecule is COc1ncccc1C(=O)Nc1cccc(-c2nncn2C(C)C)n1. The number of aromatic nitrogens is 5. The molecule has 0 spiro atoms. The van der Waals surface area contributed by atoms with E-state index in [0.29, 0.717) is 22.9 Å². The molecule has 8 heteroatoms. The number of rotatable bonds is 5. The van der Waals surface area contributed by atoms with E-state index in [-0.39, 0.29) is 17.8 Å². The van der Waals surface area contributed by atoms with Crippen LogP contribution in [0.2, 0.25) is 0 Å². The average Bonchev–Trinajstić information content (AvgIpc) is 3.12. The van der Waals surface area contributed by atoms with E-state index in [4.69, 9.17) is 4.74 Å². The van der Waals surface area contributed by atoms with Crippen molar-refractivity contribution in [3.8, 4) is 17.4 Å². The number of amides is 1. The molecule has 0 radical (unpaired) electrons. The highest BCUT2D eigenvalue weighted by Crippen LogP contribution is 2.21. The van der Waals surface area contributed by atoms with Crippen LogP contribution in [-0.2, 0) is 0 Å². The van der Waals surface area contributed by atoms with Gasteiger partial charge in [-0.3, -0.25) is 4.79 Å². The molecule has 3 aromatic rings. The van der Waals surface area contributed by atoms with Gasteiger partial charge in [0.25, 0.3) is 5.91 Å². The Morgan fingerprint density at radius 3 is 2.84 bits per heavy atom. The number of nitrogens with zero attached hydrogens (tertiary/aromatic N) is 5. The van der Waals surface area contributed by atoms with Crippen LogP contribution in [0.3, 0.4) is 0 Å². The number of hydrogen-bond acceptors (Lipinski definition) is 6. The number of carbonyl (C=O) groups is 1. The summed E-state index contributed by atoms with van der Waals surface area (Å²) in [6.07, 6.45) is 3.22. The van der Waals surface area contributed by atoms with Crippen LogP contribution < -0.4 is 10.1 Å². The Labute approximate surface area is 144 Å². The van der Waals surface area contributed by atoms with Crippen molar-refractivity contribution in [2.24, 2.45) is 0 Å². The van der Waals surface area contributed by atoms with Crippen molar-refractivity contribution in [2.45, 2.75) is 19.9 Å². The number of pyridine rings is 2. The number of nitrogens with one attached hydrogen (secondary N) is 1. The molecule has 0 aromatic carbocycles. The van der Waals surface area contributed by atoms with Crippen molar-refractivity contribution >= 4 is 11.7 Å². The van der Waals surface area contributed by atoms with Crippen molar-refractivity contribution in [3.05, 3.63) is 48.4 Å². The number of anilines is 1. The first-order valence-corrected chi connectivity index (χ1v) is 7.77. The van der Waals surface area contributed by atoms with Crippen LogP contribution in [-0.4, -0.2) is 37.7 Å². The Morgan fingerprint density at radius 1 is 1.24 bits per heavy atom. The maximum absolute atomic E-state index is 12.5. The summed E-state index contributed by atoms with van der Waals surface area (Å²) in [5.41, 5.74) is 0.963. The smallest absolute Gasteiger partial charge is 0.262 e. The summed E-state index contributed by atoms with van der Waals surface area (Å²) < 4.78 is 7.03. The molecule has 0 aliphatic heterocycles. The maximum atomic E-state index is 12.5. The molecule has 0 bridgehead atoms. The standard InChI is InChI=1S/C17H18N6O2/c1-11(2)23-10-19-22-15(23)13-7-4-8-14(20-13)21-16(24)12-6-5-9-18-17(12)25-3/h4-11H,1-3H3,(H,20,21,24). The lowest BCUT2D eigenvalue weighted by atomic mass is 10.2. The van der Waals surface area contributed by atoms with Crippen LogP contribution in [0.5, 0.6) is 5.88 Å². The number of methoxy groups -OCH3 is 1. The Balaban J connectivity index is 1.87. The minimum absolute atomic E-state index is 0.199. The van der Waals surface area contributed by atoms with Gasteiger partial charge in [-0.2, -0.15) is 0 Å². The van der Waals surface area contributed by atoms with E-state index in [9.17, 15) is 4.79 Å². The Bertz CT molecular complexity index is 890. The van der Waals surface area contributed by atoms with Crippen LogP contribution in [0.25, 0.3) is 11.5 Å². The van der Waals surface area contributed by atoms with Crippen molar-refractivity contribution in [1.82, 2.24) is 24.7 Å². The molecule has 1 N–H and O–H groups in total. The van der Waals surface area contributed by atoms with Gasteiger partial charge < -0.3 is 14.6 Å². The zero-order valence-corrected chi connectivity index (χ0v) is 14.2. The van der Waals surface area contributed by atoms with Gasteiger partial charge in [-0.25, -0.2) is 9.97 Å². The van der Waals surface area contributed by atoms with E-state index in [0.717, 1.165) is 0 Å². The molecule has 1 amide bonds. The Kier molecular flexibility index (Phi) is 4.69. The third kappa shape index (κ3) is 3.47. The van der Waals surface area contributed by atoms with E-state index in [1.54, 1.807) is 36.8 Å². The average molecular weight is 338 g/mol. The zero-order valence-electron chi connectivity index (χ0n) is 14.2. The molecule has 0 unspecified atom stereocenters. The highest BCUT2D eigenvalue weighted by Gasteiger charge is 2.15. The third-order valence-electron chi connectivity index (χ3n) is 3.56. The number of carbonyl (C=O) groups excluding carboxylic acids is 1. The topological polar surface area (TPSA) is 94.8 Å². The quantitative estimate of drug-likeness (QED) is 0.768. The predicted molar refractivity (Wildman–Crippen MR) is 92.4 cm³/mol. The summed E-state index contributed by atoms with van der Waals surface area (Å²) in [5.74, 6) is 0.965. The highest BCUT2D eigenvalue weighted by atomic mass is 16.5. The van der Waals surface area contributed by atoms with Gasteiger partial charge in [0.15, 0.2) is 5.82 Å². The molecule has 0 fully saturated rings. The number of hydrogen-bond donors (Lipinski definition) is 1. The normalized spacial score (nSPS) is 10.7. The van der Waals surface area contributed by atoms with Gasteiger partial charge in [0.05, 0.1) is 7.11 Å². The van der Waals surface area contributed by atoms with Gasteiger partial charge in [-0.05, 0) is 38.1 Å². The van der Waals surface area contributed by atoms with E-state index < -0.39 is 0 Å². The van der Waals surface area contributed by atoms with E-state index in [2.05, 4.69) is 25.5 Å². The molecular weight excluding hydrogens is 320 g/mol. The Hall–Kier alpha value is -3.29. The van der Waals surface area contributed by atoms with E-state index in [1.807, 2.05) is 24.5 Å². The summed E-state index contributed by atoms with van der Waals surface area (Å²) in [4.78, 5) is 20.9. The molecule has 128 valence electrons. The largest absolute Gasteiger partial charge is 0.480 e. The monoisotopic (exact) mass is 338 g/mol. The van der Waals surface area contributed by atoms with E-state index in [1.165, 1.54) is 7.11 Å². The summed E-state index contributed by atoms with van der Waals surface area (Å²) in [7, 11) is 1.47. The van der Waals surface area contributed by atoms with Crippen LogP contribution in [0.1, 0.15) is 30.2 Å². The van der Waals surface area contributed by atoms with Gasteiger partial charge in [-0.15, -0.1) is 10.2 Å². The minimum atomic E-state index is -0.347. The lowest BCUT2D eigenvalue weighted by molar-refractivity contribution is 0.102. The van der Waals surface area contributed by atoms with Gasteiger partial charge in [0.2, 0.25) is 5.88 Å². The van der Waals surface area contributed by atoms with Crippen LogP contribution in [0.4, 0.5) is 5.82 Å². The van der Waals surface area contributed by atoms with Crippen LogP contribution in [0, 0.1) is 0 Å². The molecule has 3 aromatic heterocycles. The van der Waals surface area contributed by atoms with Crippen LogP contribution >= 0.6 is 0 Å². The predicted octanol–water partition coefficient (Wildman–Crippen LogP) is 2.58. The molecule has 0 atom stereocenters. The summed E-state index contributed by atoms with van der Waals surface area (Å²) in [5, 5.41) is 10.8. The summed E-state index contributed by atoms with van der Waals surface area (Å²) in [6.45, 7) is 4.07. The molecular formula is C17H18N6O2.